The summed E-state index contributed by atoms with van der Waals surface area (Å²) in [7, 11) is 9.60. The summed E-state index contributed by atoms with van der Waals surface area (Å²) in [6.07, 6.45) is 7.21. The van der Waals surface area contributed by atoms with Crippen LogP contribution in [0.15, 0.2) is 0 Å². The van der Waals surface area contributed by atoms with E-state index in [0.29, 0.717) is 3.15 Å². The van der Waals surface area contributed by atoms with Crippen molar-refractivity contribution < 1.29 is 0 Å². The van der Waals surface area contributed by atoms with Crippen LogP contribution in [0.2, 0.25) is 61.1 Å². The average molecular weight is 398 g/mol. The lowest BCUT2D eigenvalue weighted by atomic mass is 10.0. The molecule has 0 amide bonds. The van der Waals surface area contributed by atoms with Crippen molar-refractivity contribution in [3.8, 4) is 0 Å². The van der Waals surface area contributed by atoms with E-state index >= 15 is 0 Å². The molecule has 6 heteroatoms. The molecule has 0 nitrogen and oxygen atoms in total. The van der Waals surface area contributed by atoms with Crippen LogP contribution in [0, 0.1) is 0 Å². The van der Waals surface area contributed by atoms with Gasteiger partial charge in [-0.15, -0.1) is 0 Å². The summed E-state index contributed by atoms with van der Waals surface area (Å²) >= 11 is -1.74. The van der Waals surface area contributed by atoms with E-state index in [4.69, 9.17) is 20.1 Å². The molecule has 1 fully saturated rings. The molecule has 1 aliphatic carbocycles. The summed E-state index contributed by atoms with van der Waals surface area (Å²) in [4.78, 5) is 0. The minimum absolute atomic E-state index is 0.415. The number of halogens is 2. The van der Waals surface area contributed by atoms with Gasteiger partial charge in [0.15, 0.2) is 0 Å². The molecule has 0 aromatic carbocycles. The zero-order valence-corrected chi connectivity index (χ0v) is 21.1. The average Bonchev–Trinajstić information content (AvgIpc) is 2.25. The predicted octanol–water partition coefficient (Wildman–Crippen LogP) is 7.03. The molecule has 0 aromatic rings. The van der Waals surface area contributed by atoms with Crippen molar-refractivity contribution in [1.82, 2.24) is 0 Å². The second-order valence-corrected chi connectivity index (χ2v) is 33.3. The van der Waals surface area contributed by atoms with E-state index in [2.05, 4.69) is 52.4 Å². The quantitative estimate of drug-likeness (QED) is 0.437. The Bertz CT molecular complexity index is 339. The van der Waals surface area contributed by atoms with Gasteiger partial charge in [-0.1, -0.05) is 87.6 Å². The Morgan fingerprint density at radius 2 is 1.14 bits per heavy atom. The van der Waals surface area contributed by atoms with E-state index < -0.39 is 36.5 Å². The van der Waals surface area contributed by atoms with Crippen LogP contribution >= 0.6 is 20.1 Å². The highest BCUT2D eigenvalue weighted by Crippen LogP contribution is 2.62. The zero-order valence-electron chi connectivity index (χ0n) is 15.4. The SMILES string of the molecule is C[Si](C)(C)[C]([Al]([Cl])[Cl])([Si](C)(C)C)[Si](C)(C)C1CCCCC1. The van der Waals surface area contributed by atoms with E-state index in [9.17, 15) is 0 Å². The summed E-state index contributed by atoms with van der Waals surface area (Å²) in [5, 5.41) is 0. The molecule has 0 saturated heterocycles. The van der Waals surface area contributed by atoms with Gasteiger partial charge in [0.2, 0.25) is 0 Å². The number of hydrogen-bond donors (Lipinski definition) is 0. The number of hydrogen-bond acceptors (Lipinski definition) is 0. The van der Waals surface area contributed by atoms with Gasteiger partial charge in [0.25, 0.3) is 0 Å². The van der Waals surface area contributed by atoms with Crippen molar-refractivity contribution in [1.29, 1.82) is 0 Å². The lowest BCUT2D eigenvalue weighted by molar-refractivity contribution is 0.490. The van der Waals surface area contributed by atoms with Crippen LogP contribution < -0.4 is 0 Å². The fraction of sp³-hybridized carbons (Fsp3) is 1.00. The highest BCUT2D eigenvalue weighted by atomic mass is 35.7. The van der Waals surface area contributed by atoms with E-state index in [-0.39, 0.29) is 0 Å². The van der Waals surface area contributed by atoms with Gasteiger partial charge in [-0.25, -0.2) is 20.1 Å². The fourth-order valence-corrected chi connectivity index (χ4v) is 59.4. The van der Waals surface area contributed by atoms with Crippen molar-refractivity contribution in [3.63, 3.8) is 0 Å². The molecule has 0 radical (unpaired) electrons. The molecule has 0 unspecified atom stereocenters. The summed E-state index contributed by atoms with van der Waals surface area (Å²) in [6.45, 7) is 20.7. The largest absolute Gasteiger partial charge is 0.517 e. The summed E-state index contributed by atoms with van der Waals surface area (Å²) in [5.41, 5.74) is 0.956. The van der Waals surface area contributed by atoms with Gasteiger partial charge >= 0.3 is 12.3 Å². The maximum atomic E-state index is 6.98. The van der Waals surface area contributed by atoms with Crippen LogP contribution in [0.4, 0.5) is 0 Å². The van der Waals surface area contributed by atoms with E-state index in [1.807, 2.05) is 0 Å². The highest BCUT2D eigenvalue weighted by Gasteiger charge is 2.68. The Morgan fingerprint density at radius 3 is 1.43 bits per heavy atom. The normalized spacial score (nSPS) is 19.7. The Labute approximate surface area is 149 Å². The van der Waals surface area contributed by atoms with Gasteiger partial charge < -0.3 is 0 Å². The second kappa shape index (κ2) is 6.94. The molecular weight excluding hydrogens is 362 g/mol. The first-order valence-electron chi connectivity index (χ1n) is 8.58. The number of rotatable bonds is 5. The fourth-order valence-electron chi connectivity index (χ4n) is 6.14. The van der Waals surface area contributed by atoms with Gasteiger partial charge in [0.05, 0.1) is 0 Å². The minimum atomic E-state index is -1.74. The van der Waals surface area contributed by atoms with Crippen LogP contribution in [0.1, 0.15) is 32.1 Å². The summed E-state index contributed by atoms with van der Waals surface area (Å²) < 4.78 is 0.415. The molecule has 0 aliphatic heterocycles. The van der Waals surface area contributed by atoms with Crippen LogP contribution in [0.25, 0.3) is 0 Å². The molecule has 0 bridgehead atoms. The Balaban J connectivity index is 3.47. The van der Waals surface area contributed by atoms with Crippen LogP contribution in [-0.2, 0) is 0 Å². The first-order valence-corrected chi connectivity index (χ1v) is 22.7. The second-order valence-electron chi connectivity index (χ2n) is 9.67. The van der Waals surface area contributed by atoms with Gasteiger partial charge in [-0.2, -0.15) is 0 Å². The van der Waals surface area contributed by atoms with E-state index in [1.165, 1.54) is 32.1 Å². The lowest BCUT2D eigenvalue weighted by Gasteiger charge is -2.62. The van der Waals surface area contributed by atoms with Crippen molar-refractivity contribution in [2.75, 3.05) is 0 Å². The summed E-state index contributed by atoms with van der Waals surface area (Å²) in [6, 6.07) is 0. The van der Waals surface area contributed by atoms with Crippen molar-refractivity contribution in [2.45, 2.75) is 93.2 Å². The lowest BCUT2D eigenvalue weighted by Crippen LogP contribution is -2.72. The van der Waals surface area contributed by atoms with E-state index in [1.54, 1.807) is 0 Å². The first kappa shape index (κ1) is 20.8. The van der Waals surface area contributed by atoms with Crippen molar-refractivity contribution >= 4 is 56.6 Å². The molecule has 21 heavy (non-hydrogen) atoms. The van der Waals surface area contributed by atoms with Crippen LogP contribution in [0.3, 0.4) is 0 Å². The topological polar surface area (TPSA) is 0 Å². The Hall–Kier alpha value is 1.76. The van der Waals surface area contributed by atoms with E-state index in [0.717, 1.165) is 5.54 Å². The maximum Gasteiger partial charge on any atom is 0.517 e. The molecule has 124 valence electrons. The van der Waals surface area contributed by atoms with Gasteiger partial charge in [0.1, 0.15) is 0 Å². The third kappa shape index (κ3) is 3.57. The summed E-state index contributed by atoms with van der Waals surface area (Å²) in [5.74, 6) is 0. The zero-order chi connectivity index (χ0) is 16.7. The molecule has 0 aromatic heterocycles. The standard InChI is InChI=1S/C15H35Si3.Al.2ClH/c1-16(2,3)15(17(4,5)6)18(7,8)14-12-10-9-11-13-14;;;/h14H,9-13H2,1-8H3;;2*1H/q;+2;;/p-2. The Morgan fingerprint density at radius 1 is 0.762 bits per heavy atom. The molecule has 1 saturated carbocycles. The van der Waals surface area contributed by atoms with Crippen LogP contribution in [0.5, 0.6) is 0 Å². The molecule has 0 N–H and O–H groups in total. The highest BCUT2D eigenvalue weighted by molar-refractivity contribution is 7.48. The van der Waals surface area contributed by atoms with Gasteiger partial charge in [-0.05, 0) is 5.54 Å². The third-order valence-electron chi connectivity index (χ3n) is 6.34. The van der Waals surface area contributed by atoms with Crippen molar-refractivity contribution in [3.05, 3.63) is 0 Å². The van der Waals surface area contributed by atoms with Crippen molar-refractivity contribution in [2.24, 2.45) is 0 Å². The third-order valence-corrected chi connectivity index (χ3v) is 44.5. The maximum absolute atomic E-state index is 6.98. The molecule has 1 rings (SSSR count). The minimum Gasteiger partial charge on any atom is -0.234 e. The molecule has 0 spiro atoms. The van der Waals surface area contributed by atoms with Crippen LogP contribution in [-0.4, -0.2) is 36.5 Å². The predicted molar refractivity (Wildman–Crippen MR) is 111 cm³/mol. The molecular formula is C15H35AlCl2Si3. The smallest absolute Gasteiger partial charge is 0.234 e. The Kier molecular flexibility index (Phi) is 6.88. The van der Waals surface area contributed by atoms with Gasteiger partial charge in [0, 0.05) is 24.2 Å². The van der Waals surface area contributed by atoms with Gasteiger partial charge in [-0.3, -0.25) is 0 Å². The first-order chi connectivity index (χ1) is 9.30. The molecule has 0 heterocycles. The monoisotopic (exact) mass is 396 g/mol. The molecule has 0 atom stereocenters. The molecule has 1 aliphatic rings.